The first-order valence-corrected chi connectivity index (χ1v) is 11.1. The highest BCUT2D eigenvalue weighted by atomic mass is 16.1. The minimum Gasteiger partial charge on any atom is -0.363 e. The fourth-order valence-electron chi connectivity index (χ4n) is 4.33. The van der Waals surface area contributed by atoms with Crippen LogP contribution in [0.5, 0.6) is 0 Å². The number of rotatable bonds is 5. The van der Waals surface area contributed by atoms with Gasteiger partial charge < -0.3 is 5.73 Å². The van der Waals surface area contributed by atoms with Crippen molar-refractivity contribution in [1.29, 1.82) is 0 Å². The van der Waals surface area contributed by atoms with E-state index >= 15 is 0 Å². The Bertz CT molecular complexity index is 1490. The molecule has 2 N–H and O–H groups in total. The standard InChI is InChI=1S/C28H25N5O/c1-18-31-27(26(29)34)32-33(18)23-15-13-22(14-16-23)28(2,3)21-11-9-19(10-12-21)24-8-4-6-20-7-5-17-30-25(20)24/h4-17H,1-3H3,(H2,29,34). The Labute approximate surface area is 198 Å². The van der Waals surface area contributed by atoms with E-state index in [1.807, 2.05) is 24.4 Å². The van der Waals surface area contributed by atoms with E-state index in [1.165, 1.54) is 11.1 Å². The Balaban J connectivity index is 1.44. The van der Waals surface area contributed by atoms with Gasteiger partial charge in [0.15, 0.2) is 0 Å². The van der Waals surface area contributed by atoms with Crippen LogP contribution < -0.4 is 5.73 Å². The molecular formula is C28H25N5O. The molecule has 0 radical (unpaired) electrons. The second kappa shape index (κ2) is 8.23. The van der Waals surface area contributed by atoms with Crippen LogP contribution in [0, 0.1) is 6.92 Å². The zero-order chi connectivity index (χ0) is 23.9. The maximum atomic E-state index is 11.4. The average Bonchev–Trinajstić information content (AvgIpc) is 3.26. The van der Waals surface area contributed by atoms with Gasteiger partial charge >= 0.3 is 0 Å². The highest BCUT2D eigenvalue weighted by molar-refractivity contribution is 5.93. The van der Waals surface area contributed by atoms with E-state index in [9.17, 15) is 4.79 Å². The normalized spacial score (nSPS) is 11.6. The molecule has 0 unspecified atom stereocenters. The molecule has 0 spiro atoms. The summed E-state index contributed by atoms with van der Waals surface area (Å²) in [6.07, 6.45) is 1.84. The van der Waals surface area contributed by atoms with Gasteiger partial charge in [0, 0.05) is 22.6 Å². The first-order chi connectivity index (χ1) is 16.3. The number of hydrogen-bond acceptors (Lipinski definition) is 4. The average molecular weight is 448 g/mol. The molecule has 0 saturated heterocycles. The highest BCUT2D eigenvalue weighted by Gasteiger charge is 2.23. The zero-order valence-electron chi connectivity index (χ0n) is 19.4. The molecule has 0 saturated carbocycles. The molecule has 5 aromatic rings. The lowest BCUT2D eigenvalue weighted by atomic mass is 9.77. The summed E-state index contributed by atoms with van der Waals surface area (Å²) in [5.74, 6) is -0.00922. The number of hydrogen-bond donors (Lipinski definition) is 1. The van der Waals surface area contributed by atoms with Gasteiger partial charge in [-0.2, -0.15) is 0 Å². The second-order valence-corrected chi connectivity index (χ2v) is 8.89. The molecule has 0 atom stereocenters. The molecule has 0 bridgehead atoms. The van der Waals surface area contributed by atoms with Crippen molar-refractivity contribution in [2.24, 2.45) is 5.73 Å². The lowest BCUT2D eigenvalue weighted by molar-refractivity contribution is 0.0990. The van der Waals surface area contributed by atoms with Crippen molar-refractivity contribution < 1.29 is 4.79 Å². The predicted molar refractivity (Wildman–Crippen MR) is 134 cm³/mol. The van der Waals surface area contributed by atoms with Gasteiger partial charge in [-0.1, -0.05) is 74.5 Å². The Hall–Kier alpha value is -4.32. The molecule has 6 heteroatoms. The van der Waals surface area contributed by atoms with E-state index < -0.39 is 5.91 Å². The molecule has 0 aliphatic rings. The summed E-state index contributed by atoms with van der Waals surface area (Å²) in [5.41, 5.74) is 11.6. The number of carbonyl (C=O) groups is 1. The van der Waals surface area contributed by atoms with Crippen LogP contribution in [0.1, 0.15) is 41.4 Å². The Morgan fingerprint density at radius 2 is 1.53 bits per heavy atom. The lowest BCUT2D eigenvalue weighted by Gasteiger charge is -2.26. The topological polar surface area (TPSA) is 86.7 Å². The molecule has 6 nitrogen and oxygen atoms in total. The quantitative estimate of drug-likeness (QED) is 0.400. The number of fused-ring (bicyclic) bond motifs is 1. The van der Waals surface area contributed by atoms with E-state index in [1.54, 1.807) is 11.6 Å². The SMILES string of the molecule is Cc1nc(C(N)=O)nn1-c1ccc(C(C)(C)c2ccc(-c3cccc4cccnc34)cc2)cc1. The molecule has 34 heavy (non-hydrogen) atoms. The van der Waals surface area contributed by atoms with Crippen molar-refractivity contribution >= 4 is 16.8 Å². The van der Waals surface area contributed by atoms with Gasteiger partial charge in [0.25, 0.3) is 5.91 Å². The summed E-state index contributed by atoms with van der Waals surface area (Å²) in [7, 11) is 0. The van der Waals surface area contributed by atoms with Crippen molar-refractivity contribution in [2.45, 2.75) is 26.2 Å². The molecular weight excluding hydrogens is 422 g/mol. The summed E-state index contributed by atoms with van der Waals surface area (Å²) < 4.78 is 1.63. The summed E-state index contributed by atoms with van der Waals surface area (Å²) in [6.45, 7) is 6.22. The third kappa shape index (κ3) is 3.73. The summed E-state index contributed by atoms with van der Waals surface area (Å²) >= 11 is 0. The van der Waals surface area contributed by atoms with Crippen LogP contribution >= 0.6 is 0 Å². The van der Waals surface area contributed by atoms with Crippen molar-refractivity contribution in [2.75, 3.05) is 0 Å². The van der Waals surface area contributed by atoms with E-state index in [2.05, 4.69) is 89.6 Å². The molecule has 0 aliphatic heterocycles. The third-order valence-electron chi connectivity index (χ3n) is 6.37. The first kappa shape index (κ1) is 21.5. The number of aryl methyl sites for hydroxylation is 1. The molecule has 0 aliphatic carbocycles. The fourth-order valence-corrected chi connectivity index (χ4v) is 4.33. The molecule has 3 aromatic carbocycles. The number of carbonyl (C=O) groups excluding carboxylic acids is 1. The van der Waals surface area contributed by atoms with Crippen LogP contribution in [-0.2, 0) is 5.41 Å². The van der Waals surface area contributed by atoms with Gasteiger partial charge in [-0.3, -0.25) is 9.78 Å². The van der Waals surface area contributed by atoms with Gasteiger partial charge in [0.1, 0.15) is 5.82 Å². The molecule has 2 heterocycles. The molecule has 0 fully saturated rings. The molecule has 5 rings (SSSR count). The van der Waals surface area contributed by atoms with Crippen molar-refractivity contribution in [3.8, 4) is 16.8 Å². The number of nitrogens with zero attached hydrogens (tertiary/aromatic N) is 4. The smallest absolute Gasteiger partial charge is 0.288 e. The van der Waals surface area contributed by atoms with E-state index in [4.69, 9.17) is 5.73 Å². The minimum atomic E-state index is -0.637. The van der Waals surface area contributed by atoms with Crippen LogP contribution in [0.4, 0.5) is 0 Å². The Morgan fingerprint density at radius 3 is 2.18 bits per heavy atom. The maximum absolute atomic E-state index is 11.4. The maximum Gasteiger partial charge on any atom is 0.288 e. The van der Waals surface area contributed by atoms with Crippen LogP contribution in [0.15, 0.2) is 85.1 Å². The number of aromatic nitrogens is 4. The first-order valence-electron chi connectivity index (χ1n) is 11.1. The molecule has 168 valence electrons. The van der Waals surface area contributed by atoms with Crippen LogP contribution in [-0.4, -0.2) is 25.7 Å². The van der Waals surface area contributed by atoms with Crippen LogP contribution in [0.3, 0.4) is 0 Å². The Kier molecular flexibility index (Phi) is 5.21. The number of para-hydroxylation sites is 1. The molecule has 1 amide bonds. The van der Waals surface area contributed by atoms with Gasteiger partial charge in [0.2, 0.25) is 5.82 Å². The highest BCUT2D eigenvalue weighted by Crippen LogP contribution is 2.34. The van der Waals surface area contributed by atoms with Gasteiger partial charge in [0.05, 0.1) is 11.2 Å². The molecule has 2 aromatic heterocycles. The fraction of sp³-hybridized carbons (Fsp3) is 0.143. The number of benzene rings is 3. The number of primary amides is 1. The van der Waals surface area contributed by atoms with Crippen LogP contribution in [0.25, 0.3) is 27.7 Å². The van der Waals surface area contributed by atoms with E-state index in [-0.39, 0.29) is 11.2 Å². The zero-order valence-corrected chi connectivity index (χ0v) is 19.4. The van der Waals surface area contributed by atoms with Crippen LogP contribution in [0.2, 0.25) is 0 Å². The van der Waals surface area contributed by atoms with Crippen molar-refractivity contribution in [3.05, 3.63) is 108 Å². The summed E-state index contributed by atoms with van der Waals surface area (Å²) in [4.78, 5) is 20.1. The van der Waals surface area contributed by atoms with E-state index in [0.29, 0.717) is 5.82 Å². The number of nitrogens with two attached hydrogens (primary N) is 1. The van der Waals surface area contributed by atoms with Crippen molar-refractivity contribution in [3.63, 3.8) is 0 Å². The van der Waals surface area contributed by atoms with E-state index in [0.717, 1.165) is 27.7 Å². The van der Waals surface area contributed by atoms with Gasteiger partial charge in [-0.05, 0) is 41.8 Å². The van der Waals surface area contributed by atoms with Gasteiger partial charge in [-0.25, -0.2) is 9.67 Å². The van der Waals surface area contributed by atoms with Crippen molar-refractivity contribution in [1.82, 2.24) is 19.7 Å². The summed E-state index contributed by atoms with van der Waals surface area (Å²) in [6, 6.07) is 27.2. The summed E-state index contributed by atoms with van der Waals surface area (Å²) in [5, 5.41) is 5.35. The largest absolute Gasteiger partial charge is 0.363 e. The second-order valence-electron chi connectivity index (χ2n) is 8.89. The van der Waals surface area contributed by atoms with Gasteiger partial charge in [-0.15, -0.1) is 5.10 Å². The predicted octanol–water partition coefficient (Wildman–Crippen LogP) is 5.22. The monoisotopic (exact) mass is 447 g/mol. The third-order valence-corrected chi connectivity index (χ3v) is 6.37. The number of amides is 1. The lowest BCUT2D eigenvalue weighted by Crippen LogP contribution is -2.19. The Morgan fingerprint density at radius 1 is 0.882 bits per heavy atom. The number of pyridine rings is 1. The minimum absolute atomic E-state index is 0.0170.